The maximum atomic E-state index is 5.64. The van der Waals surface area contributed by atoms with Crippen LogP contribution in [0.25, 0.3) is 0 Å². The third-order valence-corrected chi connectivity index (χ3v) is 5.49. The summed E-state index contributed by atoms with van der Waals surface area (Å²) in [4.78, 5) is 0.308. The van der Waals surface area contributed by atoms with Crippen LogP contribution in [0.15, 0.2) is 16.6 Å². The SMILES string of the molecule is CC(C)C(C)C(Br)c1cc2c(cc1Br)OCCO2. The summed E-state index contributed by atoms with van der Waals surface area (Å²) >= 11 is 7.43. The summed E-state index contributed by atoms with van der Waals surface area (Å²) in [5, 5.41) is 0. The van der Waals surface area contributed by atoms with Crippen LogP contribution in [-0.2, 0) is 0 Å². The van der Waals surface area contributed by atoms with Crippen molar-refractivity contribution in [2.24, 2.45) is 11.8 Å². The average molecular weight is 378 g/mol. The lowest BCUT2D eigenvalue weighted by molar-refractivity contribution is 0.171. The molecular formula is C14H18Br2O2. The molecular weight excluding hydrogens is 360 g/mol. The van der Waals surface area contributed by atoms with Gasteiger partial charge < -0.3 is 9.47 Å². The molecule has 2 atom stereocenters. The van der Waals surface area contributed by atoms with Crippen LogP contribution in [0.3, 0.4) is 0 Å². The molecule has 0 aromatic heterocycles. The molecule has 1 aliphatic rings. The number of hydrogen-bond acceptors (Lipinski definition) is 2. The van der Waals surface area contributed by atoms with Crippen molar-refractivity contribution in [2.45, 2.75) is 25.6 Å². The van der Waals surface area contributed by atoms with Gasteiger partial charge in [-0.2, -0.15) is 0 Å². The van der Waals surface area contributed by atoms with E-state index < -0.39 is 0 Å². The molecule has 2 unspecified atom stereocenters. The van der Waals surface area contributed by atoms with Gasteiger partial charge in [0.25, 0.3) is 0 Å². The number of benzene rings is 1. The van der Waals surface area contributed by atoms with Crippen LogP contribution >= 0.6 is 31.9 Å². The third-order valence-electron chi connectivity index (χ3n) is 3.47. The Kier molecular flexibility index (Phi) is 4.59. The summed E-state index contributed by atoms with van der Waals surface area (Å²) in [7, 11) is 0. The van der Waals surface area contributed by atoms with Gasteiger partial charge in [-0.15, -0.1) is 0 Å². The Morgan fingerprint density at radius 1 is 1.06 bits per heavy atom. The van der Waals surface area contributed by atoms with Crippen molar-refractivity contribution >= 4 is 31.9 Å². The standard InChI is InChI=1S/C14H18Br2O2/c1-8(2)9(3)14(16)10-6-12-13(7-11(10)15)18-5-4-17-12/h6-9,14H,4-5H2,1-3H3. The lowest BCUT2D eigenvalue weighted by Crippen LogP contribution is -2.16. The molecule has 1 heterocycles. The van der Waals surface area contributed by atoms with E-state index in [-0.39, 0.29) is 0 Å². The van der Waals surface area contributed by atoms with Gasteiger partial charge in [-0.3, -0.25) is 0 Å². The van der Waals surface area contributed by atoms with E-state index in [1.165, 1.54) is 5.56 Å². The largest absolute Gasteiger partial charge is 0.486 e. The van der Waals surface area contributed by atoms with E-state index in [1.54, 1.807) is 0 Å². The summed E-state index contributed by atoms with van der Waals surface area (Å²) in [6.45, 7) is 7.99. The van der Waals surface area contributed by atoms with Gasteiger partial charge in [0.15, 0.2) is 11.5 Å². The van der Waals surface area contributed by atoms with Crippen LogP contribution in [0.4, 0.5) is 0 Å². The van der Waals surface area contributed by atoms with E-state index in [0.717, 1.165) is 16.0 Å². The molecule has 1 aromatic rings. The van der Waals surface area contributed by atoms with Crippen LogP contribution in [0.2, 0.25) is 0 Å². The van der Waals surface area contributed by atoms with Crippen molar-refractivity contribution in [3.05, 3.63) is 22.2 Å². The smallest absolute Gasteiger partial charge is 0.162 e. The van der Waals surface area contributed by atoms with Gasteiger partial charge in [0.05, 0.1) is 0 Å². The zero-order valence-corrected chi connectivity index (χ0v) is 14.0. The second-order valence-electron chi connectivity index (χ2n) is 5.02. The van der Waals surface area contributed by atoms with Crippen LogP contribution in [0.1, 0.15) is 31.2 Å². The predicted molar refractivity (Wildman–Crippen MR) is 80.8 cm³/mol. The van der Waals surface area contributed by atoms with Crippen LogP contribution < -0.4 is 9.47 Å². The highest BCUT2D eigenvalue weighted by Gasteiger charge is 2.24. The highest BCUT2D eigenvalue weighted by atomic mass is 79.9. The Hall–Kier alpha value is -0.220. The molecule has 2 nitrogen and oxygen atoms in total. The molecule has 0 bridgehead atoms. The first-order chi connectivity index (χ1) is 8.50. The van der Waals surface area contributed by atoms with Crippen LogP contribution in [0, 0.1) is 11.8 Å². The first-order valence-electron chi connectivity index (χ1n) is 6.23. The summed E-state index contributed by atoms with van der Waals surface area (Å²) in [5.74, 6) is 2.84. The third kappa shape index (κ3) is 2.85. The monoisotopic (exact) mass is 376 g/mol. The maximum absolute atomic E-state index is 5.64. The molecule has 2 rings (SSSR count). The van der Waals surface area contributed by atoms with Gasteiger partial charge in [-0.25, -0.2) is 0 Å². The van der Waals surface area contributed by atoms with Crippen molar-refractivity contribution in [2.75, 3.05) is 13.2 Å². The number of ether oxygens (including phenoxy) is 2. The van der Waals surface area contributed by atoms with E-state index >= 15 is 0 Å². The van der Waals surface area contributed by atoms with Crippen molar-refractivity contribution < 1.29 is 9.47 Å². The van der Waals surface area contributed by atoms with Gasteiger partial charge in [0.1, 0.15) is 13.2 Å². The second kappa shape index (κ2) is 5.83. The summed E-state index contributed by atoms with van der Waals surface area (Å²) in [6.07, 6.45) is 0. The van der Waals surface area contributed by atoms with Gasteiger partial charge in [0.2, 0.25) is 0 Å². The molecule has 0 amide bonds. The minimum atomic E-state index is 0.308. The van der Waals surface area contributed by atoms with Gasteiger partial charge in [-0.1, -0.05) is 52.6 Å². The molecule has 0 aliphatic carbocycles. The number of rotatable bonds is 3. The number of alkyl halides is 1. The highest BCUT2D eigenvalue weighted by molar-refractivity contribution is 9.11. The van der Waals surface area contributed by atoms with Gasteiger partial charge >= 0.3 is 0 Å². The van der Waals surface area contributed by atoms with E-state index in [1.807, 2.05) is 6.07 Å². The summed E-state index contributed by atoms with van der Waals surface area (Å²) in [6, 6.07) is 4.09. The lowest BCUT2D eigenvalue weighted by atomic mass is 9.91. The zero-order chi connectivity index (χ0) is 13.3. The molecule has 0 N–H and O–H groups in total. The van der Waals surface area contributed by atoms with E-state index in [9.17, 15) is 0 Å². The number of fused-ring (bicyclic) bond motifs is 1. The van der Waals surface area contributed by atoms with Crippen molar-refractivity contribution in [3.63, 3.8) is 0 Å². The highest BCUT2D eigenvalue weighted by Crippen LogP contribution is 2.44. The van der Waals surface area contributed by atoms with Crippen molar-refractivity contribution in [1.82, 2.24) is 0 Å². The quantitative estimate of drug-likeness (QED) is 0.694. The van der Waals surface area contributed by atoms with Gasteiger partial charge in [0, 0.05) is 9.30 Å². The van der Waals surface area contributed by atoms with E-state index in [2.05, 4.69) is 58.7 Å². The minimum Gasteiger partial charge on any atom is -0.486 e. The van der Waals surface area contributed by atoms with Gasteiger partial charge in [-0.05, 0) is 29.5 Å². The molecule has 1 aliphatic heterocycles. The fraction of sp³-hybridized carbons (Fsp3) is 0.571. The number of halogens is 2. The molecule has 18 heavy (non-hydrogen) atoms. The Balaban J connectivity index is 2.33. The Morgan fingerprint density at radius 2 is 1.61 bits per heavy atom. The lowest BCUT2D eigenvalue weighted by Gasteiger charge is -2.25. The Morgan fingerprint density at radius 3 is 2.17 bits per heavy atom. The first-order valence-corrected chi connectivity index (χ1v) is 7.94. The molecule has 1 aromatic carbocycles. The van der Waals surface area contributed by atoms with Crippen LogP contribution in [-0.4, -0.2) is 13.2 Å². The predicted octanol–water partition coefficient (Wildman–Crippen LogP) is 4.95. The zero-order valence-electron chi connectivity index (χ0n) is 10.9. The Bertz CT molecular complexity index is 432. The normalized spacial score (nSPS) is 17.7. The van der Waals surface area contributed by atoms with E-state index in [4.69, 9.17) is 9.47 Å². The maximum Gasteiger partial charge on any atom is 0.162 e. The topological polar surface area (TPSA) is 18.5 Å². The molecule has 4 heteroatoms. The molecule has 0 spiro atoms. The minimum absolute atomic E-state index is 0.308. The van der Waals surface area contributed by atoms with Crippen LogP contribution in [0.5, 0.6) is 11.5 Å². The molecule has 0 saturated carbocycles. The second-order valence-corrected chi connectivity index (χ2v) is 6.86. The Labute approximate surface area is 125 Å². The van der Waals surface area contributed by atoms with Crippen molar-refractivity contribution in [3.8, 4) is 11.5 Å². The summed E-state index contributed by atoms with van der Waals surface area (Å²) < 4.78 is 12.3. The fourth-order valence-electron chi connectivity index (χ4n) is 1.91. The molecule has 100 valence electrons. The molecule has 0 fully saturated rings. The molecule has 0 radical (unpaired) electrons. The number of hydrogen-bond donors (Lipinski definition) is 0. The summed E-state index contributed by atoms with van der Waals surface area (Å²) in [5.41, 5.74) is 1.22. The fourth-order valence-corrected chi connectivity index (χ4v) is 3.78. The van der Waals surface area contributed by atoms with Crippen molar-refractivity contribution in [1.29, 1.82) is 0 Å². The molecule has 0 saturated heterocycles. The first kappa shape index (κ1) is 14.2. The van der Waals surface area contributed by atoms with E-state index in [0.29, 0.717) is 29.9 Å². The average Bonchev–Trinajstić information content (AvgIpc) is 2.36.